The maximum Gasteiger partial charge on any atom is 0.166 e. The van der Waals surface area contributed by atoms with Gasteiger partial charge in [0.05, 0.1) is 11.5 Å². The van der Waals surface area contributed by atoms with Gasteiger partial charge in [0.2, 0.25) is 0 Å². The Balaban J connectivity index is 0. The van der Waals surface area contributed by atoms with E-state index in [2.05, 4.69) is 12.1 Å². The van der Waals surface area contributed by atoms with Gasteiger partial charge >= 0.3 is 0 Å². The lowest BCUT2D eigenvalue weighted by Crippen LogP contribution is -2.33. The van der Waals surface area contributed by atoms with Gasteiger partial charge in [-0.2, -0.15) is 5.26 Å². The van der Waals surface area contributed by atoms with Crippen molar-refractivity contribution in [3.8, 4) is 17.6 Å². The Hall–Kier alpha value is -2.02. The van der Waals surface area contributed by atoms with E-state index >= 15 is 0 Å². The lowest BCUT2D eigenvalue weighted by Gasteiger charge is -2.37. The van der Waals surface area contributed by atoms with Crippen LogP contribution in [0.15, 0.2) is 6.07 Å². The van der Waals surface area contributed by atoms with Gasteiger partial charge in [-0.15, -0.1) is 0 Å². The van der Waals surface area contributed by atoms with Crippen LogP contribution in [-0.4, -0.2) is 19.5 Å². The Kier molecular flexibility index (Phi) is 16.8. The van der Waals surface area contributed by atoms with Gasteiger partial charge in [-0.25, -0.2) is 0 Å². The normalized spacial score (nSPS) is 20.6. The monoisotopic (exact) mass is 419 g/mol. The molecule has 4 heteroatoms. The van der Waals surface area contributed by atoms with Crippen LogP contribution < -0.4 is 9.47 Å². The molecule has 1 heterocycles. The Labute approximate surface area is 186 Å². The summed E-state index contributed by atoms with van der Waals surface area (Å²) in [5.41, 5.74) is 2.53. The fourth-order valence-corrected chi connectivity index (χ4v) is 3.82. The van der Waals surface area contributed by atoms with Gasteiger partial charge in [0, 0.05) is 11.5 Å². The summed E-state index contributed by atoms with van der Waals surface area (Å²) in [6.45, 7) is 21.1. The number of aryl methyl sites for hydroxylation is 2. The average Bonchev–Trinajstić information content (AvgIpc) is 2.84. The molecule has 4 nitrogen and oxygen atoms in total. The summed E-state index contributed by atoms with van der Waals surface area (Å²) in [5.74, 6) is 1.61. The summed E-state index contributed by atoms with van der Waals surface area (Å²) >= 11 is 0. The number of nitriles is 1. The molecule has 172 valence electrons. The molecule has 0 N–H and O–H groups in total. The summed E-state index contributed by atoms with van der Waals surface area (Å²) in [7, 11) is 0. The number of hydrogen-bond donors (Lipinski definition) is 0. The molecular formula is C26H45NO3. The molecule has 0 bridgehead atoms. The summed E-state index contributed by atoms with van der Waals surface area (Å²) in [6, 6.07) is 4.61. The molecule has 0 saturated heterocycles. The molecule has 0 spiro atoms. The second-order valence-electron chi connectivity index (χ2n) is 6.41. The number of fused-ring (bicyclic) bond motifs is 1. The topological polar surface area (TPSA) is 59.3 Å². The molecule has 0 atom stereocenters. The molecular weight excluding hydrogens is 374 g/mol. The van der Waals surface area contributed by atoms with Crippen LogP contribution in [0.5, 0.6) is 11.5 Å². The molecule has 1 aliphatic carbocycles. The van der Waals surface area contributed by atoms with Gasteiger partial charge in [0.15, 0.2) is 11.5 Å². The van der Waals surface area contributed by atoms with Crippen LogP contribution in [0.1, 0.15) is 97.8 Å². The van der Waals surface area contributed by atoms with Gasteiger partial charge in [-0.1, -0.05) is 61.5 Å². The van der Waals surface area contributed by atoms with Crippen molar-refractivity contribution in [2.45, 2.75) is 100 Å². The van der Waals surface area contributed by atoms with Gasteiger partial charge in [0.1, 0.15) is 19.5 Å². The van der Waals surface area contributed by atoms with Crippen LogP contribution in [0.3, 0.4) is 0 Å². The number of carbonyl (C=O) groups is 1. The maximum atomic E-state index is 11.0. The maximum absolute atomic E-state index is 11.0. The van der Waals surface area contributed by atoms with Gasteiger partial charge in [-0.05, 0) is 50.7 Å². The molecule has 1 aromatic rings. The summed E-state index contributed by atoms with van der Waals surface area (Å²) in [4.78, 5) is 11.0. The molecule has 0 aromatic heterocycles. The van der Waals surface area contributed by atoms with Crippen LogP contribution in [0, 0.1) is 31.1 Å². The molecule has 1 aromatic carbocycles. The van der Waals surface area contributed by atoms with E-state index < -0.39 is 5.41 Å². The highest BCUT2D eigenvalue weighted by atomic mass is 16.6. The molecule has 0 unspecified atom stereocenters. The highest BCUT2D eigenvalue weighted by Gasteiger charge is 2.42. The van der Waals surface area contributed by atoms with Crippen LogP contribution in [0.25, 0.3) is 0 Å². The number of nitrogens with zero attached hydrogens (tertiary/aromatic N) is 1. The molecule has 1 fully saturated rings. The first-order chi connectivity index (χ1) is 14.6. The van der Waals surface area contributed by atoms with Crippen molar-refractivity contribution in [1.29, 1.82) is 5.26 Å². The van der Waals surface area contributed by atoms with E-state index in [9.17, 15) is 10.1 Å². The second kappa shape index (κ2) is 16.7. The quantitative estimate of drug-likeness (QED) is 0.471. The minimum absolute atomic E-state index is 0.0835. The summed E-state index contributed by atoms with van der Waals surface area (Å²) in [6.07, 6.45) is 3.96. The van der Waals surface area contributed by atoms with Crippen LogP contribution >= 0.6 is 0 Å². The lowest BCUT2D eigenvalue weighted by atomic mass is 9.66. The average molecular weight is 420 g/mol. The fraction of sp³-hybridized carbons (Fsp3) is 0.692. The molecule has 1 saturated carbocycles. The first-order valence-corrected chi connectivity index (χ1v) is 11.9. The fourth-order valence-electron chi connectivity index (χ4n) is 3.82. The van der Waals surface area contributed by atoms with E-state index in [0.29, 0.717) is 26.1 Å². The number of hydrogen-bond acceptors (Lipinski definition) is 4. The van der Waals surface area contributed by atoms with Crippen LogP contribution in [0.2, 0.25) is 0 Å². The third-order valence-electron chi connectivity index (χ3n) is 4.96. The lowest BCUT2D eigenvalue weighted by molar-refractivity contribution is -0.112. The van der Waals surface area contributed by atoms with E-state index in [0.717, 1.165) is 47.3 Å². The molecule has 2 aliphatic rings. The third-order valence-corrected chi connectivity index (χ3v) is 4.96. The zero-order chi connectivity index (χ0) is 23.7. The minimum Gasteiger partial charge on any atom is -0.486 e. The standard InChI is InChI=1S/C18H21NO3.4C2H6/c1-12-9-13(2)16-17(22-8-7-21-16)15(12)18(11-19)5-3-14(10-20)4-6-18;4*1-2/h9-10,14H,3-8H2,1-2H3;4*1-2H3. The van der Waals surface area contributed by atoms with E-state index in [4.69, 9.17) is 9.47 Å². The van der Waals surface area contributed by atoms with Crippen molar-refractivity contribution in [2.75, 3.05) is 13.2 Å². The number of benzene rings is 1. The summed E-state index contributed by atoms with van der Waals surface area (Å²) in [5, 5.41) is 9.91. The zero-order valence-electron chi connectivity index (χ0n) is 21.1. The Bertz CT molecular complexity index is 639. The Morgan fingerprint density at radius 3 is 1.80 bits per heavy atom. The van der Waals surface area contributed by atoms with Crippen molar-refractivity contribution < 1.29 is 14.3 Å². The largest absolute Gasteiger partial charge is 0.486 e. The van der Waals surface area contributed by atoms with E-state index in [1.807, 2.05) is 69.2 Å². The number of ether oxygens (including phenoxy) is 2. The van der Waals surface area contributed by atoms with Crippen molar-refractivity contribution in [3.05, 3.63) is 22.8 Å². The van der Waals surface area contributed by atoms with Crippen LogP contribution in [0.4, 0.5) is 0 Å². The Morgan fingerprint density at radius 1 is 0.900 bits per heavy atom. The smallest absolute Gasteiger partial charge is 0.166 e. The predicted molar refractivity (Wildman–Crippen MR) is 128 cm³/mol. The first kappa shape index (κ1) is 30.2. The van der Waals surface area contributed by atoms with Crippen molar-refractivity contribution in [1.82, 2.24) is 0 Å². The highest BCUT2D eigenvalue weighted by molar-refractivity contribution is 5.61. The van der Waals surface area contributed by atoms with Gasteiger partial charge < -0.3 is 14.3 Å². The van der Waals surface area contributed by atoms with Crippen molar-refractivity contribution >= 4 is 6.29 Å². The predicted octanol–water partition coefficient (Wildman–Crippen LogP) is 7.33. The molecule has 1 aliphatic heterocycles. The molecule has 3 rings (SSSR count). The SMILES string of the molecule is CC.CC.CC.CC.Cc1cc(C)c(C2(C#N)CCC(C=O)CC2)c2c1OCCO2. The molecule has 30 heavy (non-hydrogen) atoms. The summed E-state index contributed by atoms with van der Waals surface area (Å²) < 4.78 is 11.7. The zero-order valence-corrected chi connectivity index (χ0v) is 21.1. The molecule has 0 amide bonds. The van der Waals surface area contributed by atoms with Crippen molar-refractivity contribution in [2.24, 2.45) is 5.92 Å². The van der Waals surface area contributed by atoms with Gasteiger partial charge in [0.25, 0.3) is 0 Å². The number of rotatable bonds is 2. The minimum atomic E-state index is -0.567. The Morgan fingerprint density at radius 2 is 1.37 bits per heavy atom. The number of carbonyl (C=O) groups excluding carboxylic acids is 1. The highest BCUT2D eigenvalue weighted by Crippen LogP contribution is 2.50. The second-order valence-corrected chi connectivity index (χ2v) is 6.41. The van der Waals surface area contributed by atoms with Gasteiger partial charge in [-0.3, -0.25) is 0 Å². The third kappa shape index (κ3) is 7.04. The molecule has 0 radical (unpaired) electrons. The number of aldehydes is 1. The van der Waals surface area contributed by atoms with Crippen molar-refractivity contribution in [3.63, 3.8) is 0 Å². The first-order valence-electron chi connectivity index (χ1n) is 11.9. The van der Waals surface area contributed by atoms with E-state index in [-0.39, 0.29) is 5.92 Å². The van der Waals surface area contributed by atoms with Crippen LogP contribution in [-0.2, 0) is 10.2 Å². The van der Waals surface area contributed by atoms with E-state index in [1.54, 1.807) is 0 Å². The van der Waals surface area contributed by atoms with E-state index in [1.165, 1.54) is 0 Å².